The van der Waals surface area contributed by atoms with E-state index in [1.165, 1.54) is 28.3 Å². The molecule has 3 heterocycles. The van der Waals surface area contributed by atoms with E-state index in [9.17, 15) is 4.79 Å². The van der Waals surface area contributed by atoms with Crippen molar-refractivity contribution >= 4 is 11.5 Å². The van der Waals surface area contributed by atoms with E-state index >= 15 is 0 Å². The average molecular weight is 377 g/mol. The van der Waals surface area contributed by atoms with Gasteiger partial charge in [-0.2, -0.15) is 0 Å². The van der Waals surface area contributed by atoms with Crippen LogP contribution < -0.4 is 0 Å². The molecule has 0 aliphatic carbocycles. The Hall–Kier alpha value is -2.66. The Bertz CT molecular complexity index is 931. The zero-order valence-corrected chi connectivity index (χ0v) is 16.6. The molecule has 0 amide bonds. The molecule has 28 heavy (non-hydrogen) atoms. The summed E-state index contributed by atoms with van der Waals surface area (Å²) in [7, 11) is 2.18. The summed E-state index contributed by atoms with van der Waals surface area (Å²) in [5.74, 6) is 0.592. The number of imidazole rings is 1. The highest BCUT2D eigenvalue weighted by Crippen LogP contribution is 2.37. The van der Waals surface area contributed by atoms with Gasteiger partial charge in [0.05, 0.1) is 11.9 Å². The normalized spacial score (nSPS) is 18.1. The number of esters is 1. The van der Waals surface area contributed by atoms with Crippen LogP contribution in [0.2, 0.25) is 0 Å². The lowest BCUT2D eigenvalue weighted by Crippen LogP contribution is -2.27. The molecule has 2 aliphatic heterocycles. The highest BCUT2D eigenvalue weighted by Gasteiger charge is 2.27. The highest BCUT2D eigenvalue weighted by molar-refractivity contribution is 5.82. The van der Waals surface area contributed by atoms with Crippen LogP contribution in [0, 0.1) is 0 Å². The standard InChI is InChI=1S/C23H27N3O2/c1-4-21(27)28-16(2)20-15-24-23-22(18-9-12-25(3)13-10-18)19-8-6-5-7-17(19)11-14-26(20)23/h4-8,15-16H,1,9-14H2,2-3H3. The Labute approximate surface area is 166 Å². The Kier molecular flexibility index (Phi) is 5.18. The van der Waals surface area contributed by atoms with E-state index in [0.29, 0.717) is 0 Å². The average Bonchev–Trinajstić information content (AvgIpc) is 3.05. The maximum atomic E-state index is 11.7. The van der Waals surface area contributed by atoms with Gasteiger partial charge >= 0.3 is 5.97 Å². The lowest BCUT2D eigenvalue weighted by atomic mass is 9.90. The number of carbonyl (C=O) groups is 1. The first-order valence-corrected chi connectivity index (χ1v) is 9.96. The molecular weight excluding hydrogens is 350 g/mol. The highest BCUT2D eigenvalue weighted by atomic mass is 16.5. The van der Waals surface area contributed by atoms with Crippen LogP contribution in [0.5, 0.6) is 0 Å². The minimum Gasteiger partial charge on any atom is -0.453 e. The van der Waals surface area contributed by atoms with Crippen LogP contribution in [0.4, 0.5) is 0 Å². The summed E-state index contributed by atoms with van der Waals surface area (Å²) in [5, 5.41) is 0. The SMILES string of the molecule is C=CC(=O)OC(C)c1cnc2n1CCc1ccccc1C2=C1CCN(C)CC1. The Morgan fingerprint density at radius 3 is 2.71 bits per heavy atom. The predicted octanol–water partition coefficient (Wildman–Crippen LogP) is 3.76. The third kappa shape index (κ3) is 3.42. The van der Waals surface area contributed by atoms with Gasteiger partial charge in [-0.3, -0.25) is 0 Å². The monoisotopic (exact) mass is 377 g/mol. The van der Waals surface area contributed by atoms with E-state index < -0.39 is 5.97 Å². The second-order valence-electron chi connectivity index (χ2n) is 7.63. The third-order valence-electron chi connectivity index (χ3n) is 5.82. The molecule has 1 aromatic carbocycles. The quantitative estimate of drug-likeness (QED) is 0.604. The van der Waals surface area contributed by atoms with Crippen molar-refractivity contribution in [3.05, 3.63) is 71.3 Å². The zero-order chi connectivity index (χ0) is 19.7. The predicted molar refractivity (Wildman–Crippen MR) is 110 cm³/mol. The zero-order valence-electron chi connectivity index (χ0n) is 16.6. The van der Waals surface area contributed by atoms with Gasteiger partial charge in [0, 0.05) is 31.3 Å². The summed E-state index contributed by atoms with van der Waals surface area (Å²) in [5.41, 5.74) is 6.34. The van der Waals surface area contributed by atoms with E-state index in [1.807, 2.05) is 13.1 Å². The lowest BCUT2D eigenvalue weighted by Gasteiger charge is -2.26. The molecule has 5 nitrogen and oxygen atoms in total. The molecule has 1 fully saturated rings. The van der Waals surface area contributed by atoms with Gasteiger partial charge in [-0.05, 0) is 44.4 Å². The van der Waals surface area contributed by atoms with Crippen LogP contribution >= 0.6 is 0 Å². The number of benzene rings is 1. The van der Waals surface area contributed by atoms with E-state index in [-0.39, 0.29) is 6.10 Å². The number of aromatic nitrogens is 2. The lowest BCUT2D eigenvalue weighted by molar-refractivity contribution is -0.142. The molecule has 1 saturated heterocycles. The van der Waals surface area contributed by atoms with Crippen LogP contribution in [0.15, 0.2) is 48.7 Å². The van der Waals surface area contributed by atoms with Gasteiger partial charge in [0.15, 0.2) is 0 Å². The second-order valence-corrected chi connectivity index (χ2v) is 7.63. The fourth-order valence-corrected chi connectivity index (χ4v) is 4.25. The first-order chi connectivity index (χ1) is 13.6. The van der Waals surface area contributed by atoms with Crippen molar-refractivity contribution in [2.45, 2.75) is 38.8 Å². The van der Waals surface area contributed by atoms with Crippen molar-refractivity contribution in [1.29, 1.82) is 0 Å². The van der Waals surface area contributed by atoms with Gasteiger partial charge < -0.3 is 14.2 Å². The molecule has 0 radical (unpaired) electrons. The fraction of sp³-hybridized carbons (Fsp3) is 0.391. The van der Waals surface area contributed by atoms with Crippen molar-refractivity contribution in [2.24, 2.45) is 0 Å². The summed E-state index contributed by atoms with van der Waals surface area (Å²) < 4.78 is 7.72. The van der Waals surface area contributed by atoms with Crippen LogP contribution in [0.1, 0.15) is 48.5 Å². The Morgan fingerprint density at radius 2 is 1.96 bits per heavy atom. The summed E-state index contributed by atoms with van der Waals surface area (Å²) >= 11 is 0. The molecule has 4 rings (SSSR count). The first kappa shape index (κ1) is 18.7. The van der Waals surface area contributed by atoms with Gasteiger partial charge in [0.25, 0.3) is 0 Å². The first-order valence-electron chi connectivity index (χ1n) is 9.96. The Balaban J connectivity index is 1.82. The molecule has 0 N–H and O–H groups in total. The molecule has 2 aromatic rings. The molecule has 0 bridgehead atoms. The maximum absolute atomic E-state index is 11.7. The summed E-state index contributed by atoms with van der Waals surface area (Å²) in [6, 6.07) is 8.67. The van der Waals surface area contributed by atoms with E-state index in [0.717, 1.165) is 50.4 Å². The molecule has 1 atom stereocenters. The molecule has 2 aliphatic rings. The fourth-order valence-electron chi connectivity index (χ4n) is 4.25. The number of fused-ring (bicyclic) bond motifs is 2. The number of nitrogens with zero attached hydrogens (tertiary/aromatic N) is 3. The number of ether oxygens (including phenoxy) is 1. The van der Waals surface area contributed by atoms with Crippen LogP contribution in [0.3, 0.4) is 0 Å². The number of aryl methyl sites for hydroxylation is 1. The molecular formula is C23H27N3O2. The minimum atomic E-state index is -0.408. The van der Waals surface area contributed by atoms with E-state index in [4.69, 9.17) is 9.72 Å². The van der Waals surface area contributed by atoms with E-state index in [1.54, 1.807) is 0 Å². The molecule has 1 aromatic heterocycles. The number of piperidine rings is 1. The maximum Gasteiger partial charge on any atom is 0.330 e. The van der Waals surface area contributed by atoms with Crippen LogP contribution in [0.25, 0.3) is 5.57 Å². The van der Waals surface area contributed by atoms with Gasteiger partial charge in [0.2, 0.25) is 0 Å². The largest absolute Gasteiger partial charge is 0.453 e. The number of carbonyl (C=O) groups excluding carboxylic acids is 1. The van der Waals surface area contributed by atoms with Gasteiger partial charge in [0.1, 0.15) is 11.9 Å². The van der Waals surface area contributed by atoms with Crippen molar-refractivity contribution in [2.75, 3.05) is 20.1 Å². The minimum absolute atomic E-state index is 0.364. The van der Waals surface area contributed by atoms with Gasteiger partial charge in [-0.25, -0.2) is 9.78 Å². The Morgan fingerprint density at radius 1 is 1.21 bits per heavy atom. The smallest absolute Gasteiger partial charge is 0.330 e. The summed E-state index contributed by atoms with van der Waals surface area (Å²) in [6.45, 7) is 8.36. The van der Waals surface area contributed by atoms with Crippen molar-refractivity contribution in [1.82, 2.24) is 14.5 Å². The number of likely N-dealkylation sites (tertiary alicyclic amines) is 1. The third-order valence-corrected chi connectivity index (χ3v) is 5.82. The number of rotatable bonds is 3. The molecule has 0 saturated carbocycles. The van der Waals surface area contributed by atoms with Crippen molar-refractivity contribution in [3.8, 4) is 0 Å². The van der Waals surface area contributed by atoms with Crippen LogP contribution in [-0.2, 0) is 22.5 Å². The second kappa shape index (κ2) is 7.76. The number of hydrogen-bond donors (Lipinski definition) is 0. The summed E-state index contributed by atoms with van der Waals surface area (Å²) in [6.07, 6.45) is 5.76. The molecule has 0 spiro atoms. The van der Waals surface area contributed by atoms with Gasteiger partial charge in [-0.15, -0.1) is 0 Å². The van der Waals surface area contributed by atoms with Gasteiger partial charge in [-0.1, -0.05) is 36.4 Å². The topological polar surface area (TPSA) is 47.4 Å². The van der Waals surface area contributed by atoms with Crippen molar-refractivity contribution in [3.63, 3.8) is 0 Å². The van der Waals surface area contributed by atoms with Crippen LogP contribution in [-0.4, -0.2) is 40.6 Å². The molecule has 146 valence electrons. The number of hydrogen-bond acceptors (Lipinski definition) is 4. The molecule has 1 unspecified atom stereocenters. The summed E-state index contributed by atoms with van der Waals surface area (Å²) in [4.78, 5) is 18.9. The van der Waals surface area contributed by atoms with E-state index in [2.05, 4.69) is 47.4 Å². The molecule has 5 heteroatoms. The van der Waals surface area contributed by atoms with Crippen molar-refractivity contribution < 1.29 is 9.53 Å².